The summed E-state index contributed by atoms with van der Waals surface area (Å²) in [5, 5.41) is 6.78. The Kier molecular flexibility index (Phi) is 4.59. The van der Waals surface area contributed by atoms with Crippen molar-refractivity contribution in [2.45, 2.75) is 57.5 Å². The van der Waals surface area contributed by atoms with Gasteiger partial charge in [-0.25, -0.2) is 0 Å². The number of nitrogens with one attached hydrogen (secondary N) is 2. The predicted molar refractivity (Wildman–Crippen MR) is 85.2 cm³/mol. The van der Waals surface area contributed by atoms with E-state index in [1.807, 2.05) is 0 Å². The number of rotatable bonds is 3. The number of hydrogen-bond donors (Lipinski definition) is 2. The van der Waals surface area contributed by atoms with Crippen molar-refractivity contribution in [1.29, 1.82) is 0 Å². The van der Waals surface area contributed by atoms with Crippen LogP contribution in [0.2, 0.25) is 0 Å². The highest BCUT2D eigenvalue weighted by atomic mass is 16.1. The van der Waals surface area contributed by atoms with Crippen molar-refractivity contribution in [3.8, 4) is 0 Å². The largest absolute Gasteiger partial charge is 0.352 e. The van der Waals surface area contributed by atoms with Crippen LogP contribution in [0, 0.1) is 5.92 Å². The second kappa shape index (κ2) is 6.61. The van der Waals surface area contributed by atoms with Gasteiger partial charge in [0.25, 0.3) is 0 Å². The van der Waals surface area contributed by atoms with Gasteiger partial charge in [-0.2, -0.15) is 0 Å². The summed E-state index contributed by atoms with van der Waals surface area (Å²) in [6, 6.07) is 9.21. The van der Waals surface area contributed by atoms with E-state index in [1.54, 1.807) is 0 Å². The number of hydrogen-bond acceptors (Lipinski definition) is 2. The summed E-state index contributed by atoms with van der Waals surface area (Å²) >= 11 is 0. The molecule has 3 nitrogen and oxygen atoms in total. The number of amides is 1. The molecule has 1 heterocycles. The van der Waals surface area contributed by atoms with Gasteiger partial charge in [0, 0.05) is 18.0 Å². The van der Waals surface area contributed by atoms with E-state index < -0.39 is 0 Å². The van der Waals surface area contributed by atoms with Crippen LogP contribution < -0.4 is 10.6 Å². The Morgan fingerprint density at radius 2 is 2.05 bits per heavy atom. The van der Waals surface area contributed by atoms with Gasteiger partial charge < -0.3 is 10.6 Å². The van der Waals surface area contributed by atoms with Crippen LogP contribution >= 0.6 is 0 Å². The van der Waals surface area contributed by atoms with Crippen LogP contribution in [0.1, 0.15) is 43.7 Å². The van der Waals surface area contributed by atoms with E-state index in [9.17, 15) is 4.79 Å². The predicted octanol–water partition coefficient (Wildman–Crippen LogP) is 2.44. The molecule has 0 saturated carbocycles. The van der Waals surface area contributed by atoms with Gasteiger partial charge in [-0.3, -0.25) is 4.79 Å². The number of aryl methyl sites for hydroxylation is 1. The normalized spacial score (nSPS) is 26.7. The van der Waals surface area contributed by atoms with Crippen LogP contribution in [0.15, 0.2) is 24.3 Å². The Labute approximate surface area is 127 Å². The molecular weight excluding hydrogens is 260 g/mol. The fourth-order valence-corrected chi connectivity index (χ4v) is 3.67. The molecule has 2 aliphatic rings. The van der Waals surface area contributed by atoms with E-state index in [0.29, 0.717) is 6.04 Å². The average molecular weight is 286 g/mol. The number of fused-ring (bicyclic) bond motifs is 1. The molecular formula is C18H26N2O. The lowest BCUT2D eigenvalue weighted by Gasteiger charge is -2.31. The second-order valence-electron chi connectivity index (χ2n) is 6.56. The van der Waals surface area contributed by atoms with Gasteiger partial charge in [-0.15, -0.1) is 0 Å². The first-order chi connectivity index (χ1) is 10.2. The number of benzene rings is 1. The molecule has 2 N–H and O–H groups in total. The molecule has 0 radical (unpaired) electrons. The van der Waals surface area contributed by atoms with E-state index >= 15 is 0 Å². The van der Waals surface area contributed by atoms with Crippen molar-refractivity contribution < 1.29 is 4.79 Å². The minimum absolute atomic E-state index is 0.144. The fraction of sp³-hybridized carbons (Fsp3) is 0.611. The molecule has 1 aliphatic carbocycles. The molecule has 1 aromatic carbocycles. The Morgan fingerprint density at radius 3 is 2.81 bits per heavy atom. The van der Waals surface area contributed by atoms with Crippen molar-refractivity contribution in [3.63, 3.8) is 0 Å². The third kappa shape index (κ3) is 3.46. The van der Waals surface area contributed by atoms with Gasteiger partial charge in [0.15, 0.2) is 0 Å². The van der Waals surface area contributed by atoms with Crippen molar-refractivity contribution in [2.24, 2.45) is 5.92 Å². The summed E-state index contributed by atoms with van der Waals surface area (Å²) in [5.41, 5.74) is 2.77. The molecule has 3 atom stereocenters. The Balaban J connectivity index is 1.56. The number of carbonyl (C=O) groups is 1. The van der Waals surface area contributed by atoms with Crippen LogP contribution in [0.3, 0.4) is 0 Å². The minimum Gasteiger partial charge on any atom is -0.352 e. The first kappa shape index (κ1) is 14.6. The molecule has 21 heavy (non-hydrogen) atoms. The van der Waals surface area contributed by atoms with E-state index in [2.05, 4.69) is 41.8 Å². The van der Waals surface area contributed by atoms with Crippen LogP contribution in [0.5, 0.6) is 0 Å². The summed E-state index contributed by atoms with van der Waals surface area (Å²) in [7, 11) is 0. The maximum absolute atomic E-state index is 12.5. The quantitative estimate of drug-likeness (QED) is 0.896. The summed E-state index contributed by atoms with van der Waals surface area (Å²) in [4.78, 5) is 12.5. The third-order valence-corrected chi connectivity index (χ3v) is 5.04. The molecule has 1 aliphatic heterocycles. The highest BCUT2D eigenvalue weighted by Gasteiger charge is 2.27. The van der Waals surface area contributed by atoms with Gasteiger partial charge in [0.2, 0.25) is 5.91 Å². The molecule has 1 amide bonds. The smallest absolute Gasteiger partial charge is 0.223 e. The van der Waals surface area contributed by atoms with Crippen molar-refractivity contribution >= 4 is 5.91 Å². The SMILES string of the molecule is CC(NC(=O)C1CCc2ccccc2C1)C1CCCCN1. The highest BCUT2D eigenvalue weighted by Crippen LogP contribution is 2.25. The third-order valence-electron chi connectivity index (χ3n) is 5.04. The number of carbonyl (C=O) groups excluding carboxylic acids is 1. The molecule has 3 rings (SSSR count). The van der Waals surface area contributed by atoms with Crippen LogP contribution in [0.25, 0.3) is 0 Å². The zero-order valence-corrected chi connectivity index (χ0v) is 12.9. The van der Waals surface area contributed by atoms with Gasteiger partial charge in [0.05, 0.1) is 0 Å². The Morgan fingerprint density at radius 1 is 1.24 bits per heavy atom. The molecule has 1 fully saturated rings. The summed E-state index contributed by atoms with van der Waals surface area (Å²) in [6.07, 6.45) is 6.62. The average Bonchev–Trinajstić information content (AvgIpc) is 2.55. The first-order valence-electron chi connectivity index (χ1n) is 8.34. The van der Waals surface area contributed by atoms with Gasteiger partial charge in [0.1, 0.15) is 0 Å². The minimum atomic E-state index is 0.144. The van der Waals surface area contributed by atoms with E-state index in [4.69, 9.17) is 0 Å². The van der Waals surface area contributed by atoms with Crippen LogP contribution in [-0.4, -0.2) is 24.5 Å². The lowest BCUT2D eigenvalue weighted by molar-refractivity contribution is -0.126. The van der Waals surface area contributed by atoms with Gasteiger partial charge in [-0.05, 0) is 56.7 Å². The van der Waals surface area contributed by atoms with Crippen LogP contribution in [0.4, 0.5) is 0 Å². The zero-order chi connectivity index (χ0) is 14.7. The fourth-order valence-electron chi connectivity index (χ4n) is 3.67. The molecule has 0 spiro atoms. The van der Waals surface area contributed by atoms with E-state index in [0.717, 1.165) is 25.8 Å². The van der Waals surface area contributed by atoms with E-state index in [1.165, 1.54) is 30.4 Å². The summed E-state index contributed by atoms with van der Waals surface area (Å²) in [6.45, 7) is 3.22. The molecule has 0 bridgehead atoms. The Bertz CT molecular complexity index is 494. The first-order valence-corrected chi connectivity index (χ1v) is 8.34. The molecule has 3 unspecified atom stereocenters. The molecule has 3 heteroatoms. The van der Waals surface area contributed by atoms with E-state index in [-0.39, 0.29) is 17.9 Å². The van der Waals surface area contributed by atoms with Crippen molar-refractivity contribution in [3.05, 3.63) is 35.4 Å². The topological polar surface area (TPSA) is 41.1 Å². The maximum Gasteiger partial charge on any atom is 0.223 e. The number of piperidine rings is 1. The molecule has 1 aromatic rings. The highest BCUT2D eigenvalue weighted by molar-refractivity contribution is 5.79. The summed E-state index contributed by atoms with van der Waals surface area (Å²) < 4.78 is 0. The van der Waals surface area contributed by atoms with Gasteiger partial charge in [-0.1, -0.05) is 30.7 Å². The zero-order valence-electron chi connectivity index (χ0n) is 12.9. The standard InChI is InChI=1S/C18H26N2O/c1-13(17-8-4-5-11-19-17)20-18(21)16-10-9-14-6-2-3-7-15(14)12-16/h2-3,6-7,13,16-17,19H,4-5,8-12H2,1H3,(H,20,21). The monoisotopic (exact) mass is 286 g/mol. The molecule has 1 saturated heterocycles. The van der Waals surface area contributed by atoms with Crippen LogP contribution in [-0.2, 0) is 17.6 Å². The lowest BCUT2D eigenvalue weighted by atomic mass is 9.83. The second-order valence-corrected chi connectivity index (χ2v) is 6.56. The maximum atomic E-state index is 12.5. The molecule has 0 aromatic heterocycles. The van der Waals surface area contributed by atoms with Crippen molar-refractivity contribution in [2.75, 3.05) is 6.54 Å². The summed E-state index contributed by atoms with van der Waals surface area (Å²) in [5.74, 6) is 0.385. The van der Waals surface area contributed by atoms with Gasteiger partial charge >= 0.3 is 0 Å². The van der Waals surface area contributed by atoms with Crippen molar-refractivity contribution in [1.82, 2.24) is 10.6 Å². The molecule has 114 valence electrons. The lowest BCUT2D eigenvalue weighted by Crippen LogP contribution is -2.51. The Hall–Kier alpha value is -1.35.